The molecule has 2 heterocycles. The lowest BCUT2D eigenvalue weighted by atomic mass is 10.0. The summed E-state index contributed by atoms with van der Waals surface area (Å²) in [6.07, 6.45) is 12.0. The van der Waals surface area contributed by atoms with Crippen molar-refractivity contribution in [3.63, 3.8) is 0 Å². The number of likely N-dealkylation sites (tertiary alicyclic amines) is 1. The molecule has 0 radical (unpaired) electrons. The van der Waals surface area contributed by atoms with Crippen molar-refractivity contribution in [1.29, 1.82) is 0 Å². The van der Waals surface area contributed by atoms with Gasteiger partial charge < -0.3 is 14.8 Å². The van der Waals surface area contributed by atoms with Gasteiger partial charge in [0.1, 0.15) is 5.82 Å². The highest BCUT2D eigenvalue weighted by Crippen LogP contribution is 2.24. The van der Waals surface area contributed by atoms with Crippen molar-refractivity contribution in [2.24, 2.45) is 0 Å². The molecule has 1 atom stereocenters. The molecule has 1 unspecified atom stereocenters. The van der Waals surface area contributed by atoms with Gasteiger partial charge in [-0.25, -0.2) is 4.98 Å². The number of rotatable bonds is 6. The van der Waals surface area contributed by atoms with Crippen molar-refractivity contribution in [3.8, 4) is 0 Å². The molecule has 0 aromatic carbocycles. The Bertz CT molecular complexity index is 592. The Balaban J connectivity index is 1.47. The molecule has 25 heavy (non-hydrogen) atoms. The Morgan fingerprint density at radius 1 is 1.20 bits per heavy atom. The lowest BCUT2D eigenvalue weighted by molar-refractivity contribution is -0.135. The molecule has 1 saturated heterocycles. The van der Waals surface area contributed by atoms with Crippen LogP contribution in [0.5, 0.6) is 0 Å². The molecule has 1 N–H and O–H groups in total. The van der Waals surface area contributed by atoms with Crippen LogP contribution in [0.3, 0.4) is 0 Å². The van der Waals surface area contributed by atoms with Crippen LogP contribution in [-0.2, 0) is 16.0 Å². The van der Waals surface area contributed by atoms with E-state index in [1.165, 1.54) is 12.8 Å². The number of aromatic nitrogens is 2. The number of carbonyl (C=O) groups is 2. The van der Waals surface area contributed by atoms with Gasteiger partial charge in [-0.2, -0.15) is 0 Å². The van der Waals surface area contributed by atoms with Gasteiger partial charge >= 0.3 is 0 Å². The number of nitrogens with zero attached hydrogens (tertiary/aromatic N) is 3. The normalized spacial score (nSPS) is 21.5. The first-order valence-electron chi connectivity index (χ1n) is 9.76. The topological polar surface area (TPSA) is 67.2 Å². The van der Waals surface area contributed by atoms with Crippen LogP contribution >= 0.6 is 0 Å². The first-order chi connectivity index (χ1) is 12.2. The van der Waals surface area contributed by atoms with Gasteiger partial charge in [0.05, 0.1) is 6.04 Å². The minimum atomic E-state index is 0.0247. The molecule has 2 fully saturated rings. The maximum absolute atomic E-state index is 12.5. The van der Waals surface area contributed by atoms with Crippen LogP contribution in [0, 0.1) is 0 Å². The van der Waals surface area contributed by atoms with Crippen LogP contribution in [0.4, 0.5) is 0 Å². The summed E-state index contributed by atoms with van der Waals surface area (Å²) in [5, 5.41) is 3.06. The second-order valence-electron chi connectivity index (χ2n) is 7.29. The van der Waals surface area contributed by atoms with Crippen LogP contribution in [0.25, 0.3) is 0 Å². The van der Waals surface area contributed by atoms with E-state index in [1.807, 2.05) is 17.3 Å². The smallest absolute Gasteiger partial charge is 0.223 e. The maximum atomic E-state index is 12.5. The highest BCUT2D eigenvalue weighted by molar-refractivity contribution is 5.84. The van der Waals surface area contributed by atoms with Crippen LogP contribution in [0.1, 0.15) is 70.2 Å². The van der Waals surface area contributed by atoms with Gasteiger partial charge in [0.25, 0.3) is 0 Å². The van der Waals surface area contributed by atoms with Crippen molar-refractivity contribution >= 4 is 11.8 Å². The number of aryl methyl sites for hydroxylation is 1. The van der Waals surface area contributed by atoms with Gasteiger partial charge in [-0.15, -0.1) is 0 Å². The van der Waals surface area contributed by atoms with E-state index in [0.717, 1.165) is 51.0 Å². The van der Waals surface area contributed by atoms with Crippen LogP contribution in [0.2, 0.25) is 0 Å². The lowest BCUT2D eigenvalue weighted by Gasteiger charge is -2.34. The average molecular weight is 346 g/mol. The minimum Gasteiger partial charge on any atom is -0.353 e. The minimum absolute atomic E-state index is 0.0247. The molecule has 138 valence electrons. The van der Waals surface area contributed by atoms with Gasteiger partial charge in [-0.05, 0) is 25.7 Å². The van der Waals surface area contributed by atoms with Crippen molar-refractivity contribution in [2.45, 2.75) is 76.8 Å². The van der Waals surface area contributed by atoms with Crippen molar-refractivity contribution in [1.82, 2.24) is 19.8 Å². The summed E-state index contributed by atoms with van der Waals surface area (Å²) in [5.41, 5.74) is 0. The number of imidazole rings is 1. The van der Waals surface area contributed by atoms with Crippen molar-refractivity contribution in [2.75, 3.05) is 13.1 Å². The fourth-order valence-corrected chi connectivity index (χ4v) is 4.11. The zero-order chi connectivity index (χ0) is 17.6. The van der Waals surface area contributed by atoms with E-state index < -0.39 is 0 Å². The molecule has 1 saturated carbocycles. The summed E-state index contributed by atoms with van der Waals surface area (Å²) in [6.45, 7) is 3.63. The number of carbonyl (C=O) groups excluding carboxylic acids is 2. The summed E-state index contributed by atoms with van der Waals surface area (Å²) in [6, 6.07) is 0.637. The molecule has 3 rings (SSSR count). The second-order valence-corrected chi connectivity index (χ2v) is 7.29. The van der Waals surface area contributed by atoms with Crippen LogP contribution in [-0.4, -0.2) is 45.4 Å². The number of hydrogen-bond acceptors (Lipinski definition) is 3. The standard InChI is InChI=1S/C19H30N4O2/c1-2-17-20-11-13-23(17)16-8-5-12-22(14-16)19(25)10-9-18(24)21-15-6-3-4-7-15/h11,13,15-16H,2-10,12,14H2,1H3,(H,21,24). The average Bonchev–Trinajstić information content (AvgIpc) is 3.31. The predicted molar refractivity (Wildman–Crippen MR) is 96.1 cm³/mol. The van der Waals surface area contributed by atoms with E-state index in [0.29, 0.717) is 24.9 Å². The molecular weight excluding hydrogens is 316 g/mol. The van der Waals surface area contributed by atoms with Crippen molar-refractivity contribution in [3.05, 3.63) is 18.2 Å². The first kappa shape index (κ1) is 18.0. The molecule has 2 amide bonds. The quantitative estimate of drug-likeness (QED) is 0.860. The third-order valence-electron chi connectivity index (χ3n) is 5.49. The second kappa shape index (κ2) is 8.50. The number of piperidine rings is 1. The highest BCUT2D eigenvalue weighted by Gasteiger charge is 2.26. The molecule has 2 aliphatic rings. The highest BCUT2D eigenvalue weighted by atomic mass is 16.2. The van der Waals surface area contributed by atoms with E-state index in [-0.39, 0.29) is 11.8 Å². The number of nitrogens with one attached hydrogen (secondary N) is 1. The first-order valence-corrected chi connectivity index (χ1v) is 9.76. The van der Waals surface area contributed by atoms with E-state index in [2.05, 4.69) is 21.8 Å². The molecule has 1 aromatic rings. The molecule has 1 aromatic heterocycles. The summed E-state index contributed by atoms with van der Waals surface area (Å²) in [4.78, 5) is 30.9. The molecule has 0 bridgehead atoms. The Hall–Kier alpha value is -1.85. The van der Waals surface area contributed by atoms with Gasteiger partial charge in [-0.1, -0.05) is 19.8 Å². The zero-order valence-electron chi connectivity index (χ0n) is 15.2. The monoisotopic (exact) mass is 346 g/mol. The largest absolute Gasteiger partial charge is 0.353 e. The Labute approximate surface area is 150 Å². The third kappa shape index (κ3) is 4.61. The van der Waals surface area contributed by atoms with E-state index >= 15 is 0 Å². The summed E-state index contributed by atoms with van der Waals surface area (Å²) >= 11 is 0. The SMILES string of the molecule is CCc1nccn1C1CCCN(C(=O)CCC(=O)NC2CCCC2)C1. The van der Waals surface area contributed by atoms with Crippen molar-refractivity contribution < 1.29 is 9.59 Å². The summed E-state index contributed by atoms with van der Waals surface area (Å²) < 4.78 is 2.21. The maximum Gasteiger partial charge on any atom is 0.223 e. The van der Waals surface area contributed by atoms with Crippen LogP contribution in [0.15, 0.2) is 12.4 Å². The molecular formula is C19H30N4O2. The molecule has 6 nitrogen and oxygen atoms in total. The Morgan fingerprint density at radius 2 is 2.00 bits per heavy atom. The number of hydrogen-bond donors (Lipinski definition) is 1. The molecule has 6 heteroatoms. The Morgan fingerprint density at radius 3 is 2.76 bits per heavy atom. The fraction of sp³-hybridized carbons (Fsp3) is 0.737. The Kier molecular flexibility index (Phi) is 6.10. The molecule has 1 aliphatic heterocycles. The fourth-order valence-electron chi connectivity index (χ4n) is 4.11. The summed E-state index contributed by atoms with van der Waals surface area (Å²) in [5.74, 6) is 1.20. The van der Waals surface area contributed by atoms with Gasteiger partial charge in [-0.3, -0.25) is 9.59 Å². The molecule has 1 aliphatic carbocycles. The van der Waals surface area contributed by atoms with Crippen LogP contribution < -0.4 is 5.32 Å². The zero-order valence-corrected chi connectivity index (χ0v) is 15.2. The molecule has 0 spiro atoms. The van der Waals surface area contributed by atoms with E-state index in [1.54, 1.807) is 0 Å². The third-order valence-corrected chi connectivity index (χ3v) is 5.49. The van der Waals surface area contributed by atoms with E-state index in [4.69, 9.17) is 0 Å². The van der Waals surface area contributed by atoms with E-state index in [9.17, 15) is 9.59 Å². The predicted octanol–water partition coefficient (Wildman–Crippen LogP) is 2.45. The van der Waals surface area contributed by atoms with Gasteiger partial charge in [0, 0.05) is 50.8 Å². The van der Waals surface area contributed by atoms with Gasteiger partial charge in [0.15, 0.2) is 0 Å². The van der Waals surface area contributed by atoms with Gasteiger partial charge in [0.2, 0.25) is 11.8 Å². The lowest BCUT2D eigenvalue weighted by Crippen LogP contribution is -2.41. The number of amides is 2. The summed E-state index contributed by atoms with van der Waals surface area (Å²) in [7, 11) is 0.